The summed E-state index contributed by atoms with van der Waals surface area (Å²) in [7, 11) is -0.204. The van der Waals surface area contributed by atoms with Gasteiger partial charge in [0.25, 0.3) is 0 Å². The summed E-state index contributed by atoms with van der Waals surface area (Å²) >= 11 is 0. The molecule has 0 radical (unpaired) electrons. The van der Waals surface area contributed by atoms with Crippen LogP contribution in [0.25, 0.3) is 0 Å². The zero-order valence-electron chi connectivity index (χ0n) is 10.7. The number of hydrogen-bond acceptors (Lipinski definition) is 3. The predicted molar refractivity (Wildman–Crippen MR) is 63.8 cm³/mol. The van der Waals surface area contributed by atoms with Crippen LogP contribution in [0.3, 0.4) is 0 Å². The largest absolute Gasteiger partial charge is 0.475 e. The van der Waals surface area contributed by atoms with Gasteiger partial charge in [-0.25, -0.2) is 0 Å². The number of rotatable bonds is 1. The summed E-state index contributed by atoms with van der Waals surface area (Å²) < 4.78 is 12.1. The molecule has 0 aromatic carbocycles. The van der Waals surface area contributed by atoms with E-state index in [0.29, 0.717) is 11.3 Å². The van der Waals surface area contributed by atoms with Crippen LogP contribution in [0.5, 0.6) is 0 Å². The number of nitrogens with two attached hydrogens (primary N) is 1. The van der Waals surface area contributed by atoms with E-state index in [9.17, 15) is 0 Å². The van der Waals surface area contributed by atoms with E-state index in [-0.39, 0.29) is 24.8 Å². The lowest BCUT2D eigenvalue weighted by Gasteiger charge is -2.64. The van der Waals surface area contributed by atoms with Gasteiger partial charge in [-0.1, -0.05) is 20.8 Å². The fourth-order valence-electron chi connectivity index (χ4n) is 4.13. The molecule has 4 rings (SSSR count). The molecule has 4 unspecified atom stereocenters. The second kappa shape index (κ2) is 3.03. The van der Waals surface area contributed by atoms with Gasteiger partial charge in [0.15, 0.2) is 0 Å². The van der Waals surface area contributed by atoms with E-state index >= 15 is 0 Å². The van der Waals surface area contributed by atoms with E-state index in [0.717, 1.165) is 12.3 Å². The maximum Gasteiger partial charge on any atom is 0.475 e. The van der Waals surface area contributed by atoms with Crippen molar-refractivity contribution in [2.45, 2.75) is 58.2 Å². The van der Waals surface area contributed by atoms with Crippen molar-refractivity contribution in [2.24, 2.45) is 23.0 Å². The molecule has 2 bridgehead atoms. The molecule has 2 N–H and O–H groups in total. The van der Waals surface area contributed by atoms with Gasteiger partial charge in [-0.3, -0.25) is 0 Å². The smallest absolute Gasteiger partial charge is 0.404 e. The minimum atomic E-state index is -0.204. The molecule has 4 aliphatic rings. The van der Waals surface area contributed by atoms with Gasteiger partial charge in [0.2, 0.25) is 0 Å². The second-order valence-corrected chi connectivity index (χ2v) is 6.70. The molecule has 3 nitrogen and oxygen atoms in total. The maximum atomic E-state index is 6.15. The summed E-state index contributed by atoms with van der Waals surface area (Å²) in [6.07, 6.45) is 2.71. The quantitative estimate of drug-likeness (QED) is 0.686. The Morgan fingerprint density at radius 2 is 2.00 bits per heavy atom. The molecule has 0 spiro atoms. The van der Waals surface area contributed by atoms with E-state index in [1.807, 2.05) is 6.92 Å². The molecule has 0 aromatic rings. The van der Waals surface area contributed by atoms with Crippen LogP contribution in [0.1, 0.15) is 40.5 Å². The Balaban J connectivity index is 1.87. The van der Waals surface area contributed by atoms with Crippen LogP contribution >= 0.6 is 0 Å². The molecule has 5 atom stereocenters. The van der Waals surface area contributed by atoms with E-state index in [4.69, 9.17) is 15.0 Å². The number of hydrogen-bond donors (Lipinski definition) is 1. The minimum absolute atomic E-state index is 0.0391. The van der Waals surface area contributed by atoms with Gasteiger partial charge >= 0.3 is 7.12 Å². The minimum Gasteiger partial charge on any atom is -0.404 e. The topological polar surface area (TPSA) is 44.5 Å². The Bertz CT molecular complexity index is 320. The van der Waals surface area contributed by atoms with Gasteiger partial charge < -0.3 is 15.0 Å². The maximum absolute atomic E-state index is 6.15. The standard InChI is InChI=1S/C12H22BNO2/c1-7(14)13-15-10-6-8-5-9(11(8,2)3)12(10,4)16-13/h7-10H,5-6,14H2,1-4H3/t7?,8?,9?,10?,12-/m0/s1. The summed E-state index contributed by atoms with van der Waals surface area (Å²) in [5.74, 6) is 1.40. The molecule has 3 saturated carbocycles. The van der Waals surface area contributed by atoms with Crippen molar-refractivity contribution < 1.29 is 9.31 Å². The van der Waals surface area contributed by atoms with Crippen molar-refractivity contribution in [1.29, 1.82) is 0 Å². The molecule has 0 aromatic heterocycles. The first kappa shape index (κ1) is 11.1. The van der Waals surface area contributed by atoms with Gasteiger partial charge in [-0.2, -0.15) is 0 Å². The highest BCUT2D eigenvalue weighted by Crippen LogP contribution is 2.65. The van der Waals surface area contributed by atoms with E-state index in [1.54, 1.807) is 0 Å². The highest BCUT2D eigenvalue weighted by atomic mass is 16.7. The van der Waals surface area contributed by atoms with Gasteiger partial charge in [0, 0.05) is 5.94 Å². The summed E-state index contributed by atoms with van der Waals surface area (Å²) in [4.78, 5) is 0. The van der Waals surface area contributed by atoms with Crippen molar-refractivity contribution in [2.75, 3.05) is 0 Å². The molecule has 1 heterocycles. The first-order chi connectivity index (χ1) is 7.35. The Kier molecular flexibility index (Phi) is 2.10. The average Bonchev–Trinajstić information content (AvgIpc) is 2.54. The lowest BCUT2D eigenvalue weighted by atomic mass is 9.43. The van der Waals surface area contributed by atoms with Gasteiger partial charge in [-0.05, 0) is 37.0 Å². The third-order valence-corrected chi connectivity index (χ3v) is 5.40. The van der Waals surface area contributed by atoms with Crippen LogP contribution in [0, 0.1) is 17.3 Å². The molecule has 4 fully saturated rings. The zero-order chi connectivity index (χ0) is 11.7. The van der Waals surface area contributed by atoms with Crippen molar-refractivity contribution >= 4 is 7.12 Å². The molecule has 3 aliphatic carbocycles. The predicted octanol–water partition coefficient (Wildman–Crippen LogP) is 1.60. The van der Waals surface area contributed by atoms with Crippen LogP contribution < -0.4 is 5.73 Å². The first-order valence-corrected chi connectivity index (χ1v) is 6.44. The highest BCUT2D eigenvalue weighted by molar-refractivity contribution is 6.47. The summed E-state index contributed by atoms with van der Waals surface area (Å²) in [6, 6.07) is 0. The van der Waals surface area contributed by atoms with Crippen LogP contribution in [-0.4, -0.2) is 24.8 Å². The van der Waals surface area contributed by atoms with Crippen LogP contribution in [-0.2, 0) is 9.31 Å². The van der Waals surface area contributed by atoms with Crippen molar-refractivity contribution in [1.82, 2.24) is 0 Å². The fourth-order valence-corrected chi connectivity index (χ4v) is 4.13. The Morgan fingerprint density at radius 1 is 1.31 bits per heavy atom. The lowest BCUT2D eigenvalue weighted by Crippen LogP contribution is -2.65. The Morgan fingerprint density at radius 3 is 2.56 bits per heavy atom. The van der Waals surface area contributed by atoms with Crippen LogP contribution in [0.4, 0.5) is 0 Å². The molecule has 0 amide bonds. The van der Waals surface area contributed by atoms with Gasteiger partial charge in [-0.15, -0.1) is 0 Å². The normalized spacial score (nSPS) is 50.8. The van der Waals surface area contributed by atoms with E-state index in [1.165, 1.54) is 6.42 Å². The lowest BCUT2D eigenvalue weighted by molar-refractivity contribution is -0.199. The zero-order valence-corrected chi connectivity index (χ0v) is 10.7. The van der Waals surface area contributed by atoms with Gasteiger partial charge in [0.05, 0.1) is 11.7 Å². The second-order valence-electron chi connectivity index (χ2n) is 6.70. The summed E-state index contributed by atoms with van der Waals surface area (Å²) in [6.45, 7) is 8.93. The Labute approximate surface area is 98.2 Å². The van der Waals surface area contributed by atoms with Crippen LogP contribution in [0.2, 0.25) is 0 Å². The summed E-state index contributed by atoms with van der Waals surface area (Å²) in [5.41, 5.74) is 6.20. The van der Waals surface area contributed by atoms with Gasteiger partial charge in [0.1, 0.15) is 0 Å². The van der Waals surface area contributed by atoms with E-state index < -0.39 is 0 Å². The molecule has 1 saturated heterocycles. The van der Waals surface area contributed by atoms with Crippen LogP contribution in [0.15, 0.2) is 0 Å². The fraction of sp³-hybridized carbons (Fsp3) is 1.00. The average molecular weight is 223 g/mol. The summed E-state index contributed by atoms with van der Waals surface area (Å²) in [5, 5.41) is 0. The third-order valence-electron chi connectivity index (χ3n) is 5.40. The van der Waals surface area contributed by atoms with Crippen molar-refractivity contribution in [3.8, 4) is 0 Å². The molecular formula is C12H22BNO2. The van der Waals surface area contributed by atoms with Crippen molar-refractivity contribution in [3.05, 3.63) is 0 Å². The molecule has 16 heavy (non-hydrogen) atoms. The Hall–Kier alpha value is -0.0551. The SMILES string of the molecule is CC(N)B1OC2CC3CC(C3(C)C)[C@]2(C)O1. The third kappa shape index (κ3) is 1.16. The molecule has 90 valence electrons. The van der Waals surface area contributed by atoms with E-state index in [2.05, 4.69) is 20.8 Å². The molecular weight excluding hydrogens is 201 g/mol. The van der Waals surface area contributed by atoms with Crippen molar-refractivity contribution in [3.63, 3.8) is 0 Å². The monoisotopic (exact) mass is 223 g/mol. The highest BCUT2D eigenvalue weighted by Gasteiger charge is 2.68. The molecule has 4 heteroatoms. The first-order valence-electron chi connectivity index (χ1n) is 6.44. The molecule has 1 aliphatic heterocycles.